The summed E-state index contributed by atoms with van der Waals surface area (Å²) in [4.78, 5) is 46.2. The molecule has 1 fully saturated rings. The average molecular weight is 691 g/mol. The second kappa shape index (κ2) is 13.1. The van der Waals surface area contributed by atoms with Gasteiger partial charge in [-0.25, -0.2) is 23.0 Å². The van der Waals surface area contributed by atoms with Gasteiger partial charge in [-0.3, -0.25) is 9.20 Å². The number of carboxylic acids is 1. The maximum absolute atomic E-state index is 13.2. The predicted octanol–water partition coefficient (Wildman–Crippen LogP) is 4.20. The minimum Gasteiger partial charge on any atom is -0.477 e. The lowest BCUT2D eigenvalue weighted by atomic mass is 9.65. The van der Waals surface area contributed by atoms with Gasteiger partial charge in [0.1, 0.15) is 21.9 Å². The quantitative estimate of drug-likeness (QED) is 0.143. The number of aliphatic carboxylic acids is 1. The van der Waals surface area contributed by atoms with E-state index >= 15 is 0 Å². The fraction of sp³-hybridized carbons (Fsp3) is 0.484. The van der Waals surface area contributed by atoms with Crippen LogP contribution in [0.2, 0.25) is 0 Å². The number of esters is 1. The molecule has 248 valence electrons. The molecular formula is C31H38N4O8S3. The number of thiazole rings is 1. The first kappa shape index (κ1) is 34.1. The molecule has 46 heavy (non-hydrogen) atoms. The van der Waals surface area contributed by atoms with Gasteiger partial charge in [0, 0.05) is 30.3 Å². The number of rotatable bonds is 14. The number of sulfonamides is 1. The van der Waals surface area contributed by atoms with Crippen LogP contribution in [0.4, 0.5) is 0 Å². The molecule has 0 saturated carbocycles. The number of fused-ring (bicyclic) bond motifs is 2. The standard InChI is InChI=1S/C31H38N4O8S3/c1-6-13-34(14-7-2)46(41,42)20-10-8-19(9-11-20)30(40)43-15-12-31(4)23(21-16-33-17-32-26(44-5)28(33)45-21)24(29(38)39)35-25(31)22(18(3)36)27(35)37/h8-11,16-18,22,25,36H,6-7,12-15H2,1-5H3,(H,38,39)/t18-,22-,25-,31?/m1/s1. The third-order valence-corrected chi connectivity index (χ3v) is 12.6. The summed E-state index contributed by atoms with van der Waals surface area (Å²) in [6, 6.07) is 4.96. The van der Waals surface area contributed by atoms with Crippen LogP contribution in [-0.2, 0) is 24.3 Å². The molecule has 3 aromatic rings. The molecule has 12 nitrogen and oxygen atoms in total. The van der Waals surface area contributed by atoms with Crippen LogP contribution < -0.4 is 0 Å². The number of benzene rings is 1. The highest BCUT2D eigenvalue weighted by molar-refractivity contribution is 7.98. The van der Waals surface area contributed by atoms with Crippen LogP contribution in [0, 0.1) is 11.3 Å². The smallest absolute Gasteiger partial charge is 0.352 e. The van der Waals surface area contributed by atoms with Gasteiger partial charge in [-0.2, -0.15) is 4.31 Å². The highest BCUT2D eigenvalue weighted by atomic mass is 32.2. The summed E-state index contributed by atoms with van der Waals surface area (Å²) >= 11 is 2.83. The molecule has 1 unspecified atom stereocenters. The average Bonchev–Trinajstić information content (AvgIpc) is 3.65. The maximum atomic E-state index is 13.2. The summed E-state index contributed by atoms with van der Waals surface area (Å²) in [6.45, 7) is 7.86. The number of hydrogen-bond acceptors (Lipinski definition) is 10. The zero-order chi connectivity index (χ0) is 33.6. The molecule has 0 spiro atoms. The number of carbonyl (C=O) groups is 3. The molecule has 5 rings (SSSR count). The van der Waals surface area contributed by atoms with Crippen LogP contribution in [0.1, 0.15) is 62.2 Å². The summed E-state index contributed by atoms with van der Waals surface area (Å²) < 4.78 is 35.1. The van der Waals surface area contributed by atoms with Crippen LogP contribution in [0.3, 0.4) is 0 Å². The molecule has 2 aromatic heterocycles. The SMILES string of the molecule is CCCN(CCC)S(=O)(=O)c1ccc(C(=O)OCCC2(C)C(c3cn4cnc(SC)c4s3)=C(C(=O)O)N3C(=O)[C@H]([C@@H](C)O)[C@@H]32)cc1. The number of aliphatic hydroxyl groups is 1. The summed E-state index contributed by atoms with van der Waals surface area (Å²) in [5.74, 6) is -3.21. The second-order valence-electron chi connectivity index (χ2n) is 11.7. The molecule has 1 saturated heterocycles. The number of aromatic nitrogens is 2. The van der Waals surface area contributed by atoms with Crippen molar-refractivity contribution in [3.8, 4) is 0 Å². The lowest BCUT2D eigenvalue weighted by Crippen LogP contribution is -2.66. The minimum atomic E-state index is -3.71. The number of carbonyl (C=O) groups excluding carboxylic acids is 2. The van der Waals surface area contributed by atoms with Gasteiger partial charge in [0.15, 0.2) is 0 Å². The van der Waals surface area contributed by atoms with E-state index in [1.165, 1.54) is 63.5 Å². The molecule has 1 aromatic carbocycles. The Morgan fingerprint density at radius 2 is 1.85 bits per heavy atom. The van der Waals surface area contributed by atoms with Crippen molar-refractivity contribution >= 4 is 61.4 Å². The number of imidazole rings is 1. The maximum Gasteiger partial charge on any atom is 0.352 e. The van der Waals surface area contributed by atoms with Gasteiger partial charge < -0.3 is 19.8 Å². The predicted molar refractivity (Wildman–Crippen MR) is 174 cm³/mol. The third kappa shape index (κ3) is 5.65. The molecule has 4 heterocycles. The first-order chi connectivity index (χ1) is 21.8. The molecule has 1 amide bonds. The number of thioether (sulfide) groups is 1. The Labute approximate surface area is 276 Å². The van der Waals surface area contributed by atoms with E-state index in [0.29, 0.717) is 36.4 Å². The van der Waals surface area contributed by atoms with Gasteiger partial charge in [0.2, 0.25) is 15.9 Å². The summed E-state index contributed by atoms with van der Waals surface area (Å²) in [5, 5.41) is 21.7. The number of amides is 1. The molecule has 0 bridgehead atoms. The van der Waals surface area contributed by atoms with Gasteiger partial charge in [0.25, 0.3) is 0 Å². The summed E-state index contributed by atoms with van der Waals surface area (Å²) in [7, 11) is -3.71. The van der Waals surface area contributed by atoms with Crippen molar-refractivity contribution in [2.45, 2.75) is 69.0 Å². The van der Waals surface area contributed by atoms with Crippen LogP contribution in [0.15, 0.2) is 52.4 Å². The number of aliphatic hydroxyl groups excluding tert-OH is 1. The van der Waals surface area contributed by atoms with Crippen molar-refractivity contribution in [3.05, 3.63) is 52.9 Å². The first-order valence-corrected chi connectivity index (χ1v) is 18.6. The first-order valence-electron chi connectivity index (χ1n) is 15.1. The van der Waals surface area contributed by atoms with E-state index in [-0.39, 0.29) is 29.2 Å². The van der Waals surface area contributed by atoms with Gasteiger partial charge in [-0.05, 0) is 56.7 Å². The van der Waals surface area contributed by atoms with E-state index in [0.717, 1.165) is 9.86 Å². The zero-order valence-electron chi connectivity index (χ0n) is 26.3. The van der Waals surface area contributed by atoms with Crippen molar-refractivity contribution in [2.24, 2.45) is 11.3 Å². The fourth-order valence-electron chi connectivity index (χ4n) is 6.57. The van der Waals surface area contributed by atoms with E-state index in [4.69, 9.17) is 4.74 Å². The topological polar surface area (TPSA) is 159 Å². The fourth-order valence-corrected chi connectivity index (χ4v) is 10.2. The van der Waals surface area contributed by atoms with Crippen LogP contribution in [-0.4, -0.2) is 93.2 Å². The van der Waals surface area contributed by atoms with Crippen LogP contribution in [0.25, 0.3) is 10.4 Å². The van der Waals surface area contributed by atoms with Gasteiger partial charge >= 0.3 is 11.9 Å². The van der Waals surface area contributed by atoms with E-state index in [1.807, 2.05) is 31.4 Å². The Morgan fingerprint density at radius 3 is 2.41 bits per heavy atom. The lowest BCUT2D eigenvalue weighted by molar-refractivity contribution is -0.167. The zero-order valence-corrected chi connectivity index (χ0v) is 28.7. The van der Waals surface area contributed by atoms with Crippen molar-refractivity contribution in [3.63, 3.8) is 0 Å². The highest BCUT2D eigenvalue weighted by Crippen LogP contribution is 2.60. The summed E-state index contributed by atoms with van der Waals surface area (Å²) in [6.07, 6.45) is 5.84. The van der Waals surface area contributed by atoms with Crippen LogP contribution >= 0.6 is 23.1 Å². The second-order valence-corrected chi connectivity index (χ2v) is 15.5. The molecule has 2 aliphatic rings. The molecule has 15 heteroatoms. The van der Waals surface area contributed by atoms with E-state index in [9.17, 15) is 33.0 Å². The van der Waals surface area contributed by atoms with Gasteiger partial charge in [-0.15, -0.1) is 23.1 Å². The minimum absolute atomic E-state index is 0.0898. The summed E-state index contributed by atoms with van der Waals surface area (Å²) in [5.41, 5.74) is -0.514. The van der Waals surface area contributed by atoms with Crippen molar-refractivity contribution in [1.82, 2.24) is 18.6 Å². The molecule has 0 radical (unpaired) electrons. The van der Waals surface area contributed by atoms with Crippen molar-refractivity contribution < 1.29 is 37.8 Å². The number of ether oxygens (including phenoxy) is 1. The van der Waals surface area contributed by atoms with Gasteiger partial charge in [0.05, 0.1) is 40.0 Å². The van der Waals surface area contributed by atoms with E-state index in [1.54, 1.807) is 12.5 Å². The Bertz CT molecular complexity index is 1790. The Morgan fingerprint density at radius 1 is 1.20 bits per heavy atom. The molecule has 2 N–H and O–H groups in total. The molecule has 4 atom stereocenters. The van der Waals surface area contributed by atoms with Gasteiger partial charge in [-0.1, -0.05) is 20.8 Å². The number of β-lactam (4-membered cyclic amide) rings is 1. The number of nitrogens with zero attached hydrogens (tertiary/aromatic N) is 4. The van der Waals surface area contributed by atoms with E-state index in [2.05, 4.69) is 4.98 Å². The Hall–Kier alpha value is -3.24. The monoisotopic (exact) mass is 690 g/mol. The molecule has 0 aliphatic carbocycles. The Kier molecular flexibility index (Phi) is 9.72. The van der Waals surface area contributed by atoms with Crippen molar-refractivity contribution in [1.29, 1.82) is 0 Å². The van der Waals surface area contributed by atoms with Crippen molar-refractivity contribution in [2.75, 3.05) is 26.0 Å². The van der Waals surface area contributed by atoms with E-state index < -0.39 is 51.3 Å². The molecule has 2 aliphatic heterocycles. The molecular weight excluding hydrogens is 653 g/mol. The number of carboxylic acid groups (broad SMARTS) is 1. The normalized spacial score (nSPS) is 22.0. The van der Waals surface area contributed by atoms with Crippen LogP contribution in [0.5, 0.6) is 0 Å². The Balaban J connectivity index is 1.41. The lowest BCUT2D eigenvalue weighted by Gasteiger charge is -2.50. The highest BCUT2D eigenvalue weighted by Gasteiger charge is 2.66. The third-order valence-electron chi connectivity index (χ3n) is 8.71. The largest absolute Gasteiger partial charge is 0.477 e. The number of hydrogen-bond donors (Lipinski definition) is 2.